The van der Waals surface area contributed by atoms with E-state index in [2.05, 4.69) is 0 Å². The van der Waals surface area contributed by atoms with Gasteiger partial charge in [0.25, 0.3) is 0 Å². The fourth-order valence-electron chi connectivity index (χ4n) is 1.73. The zero-order valence-electron chi connectivity index (χ0n) is 11.8. The van der Waals surface area contributed by atoms with Gasteiger partial charge in [0, 0.05) is 6.42 Å². The van der Waals surface area contributed by atoms with Crippen molar-refractivity contribution in [2.75, 3.05) is 13.7 Å². The van der Waals surface area contributed by atoms with Crippen LogP contribution in [-0.4, -0.2) is 24.8 Å². The Kier molecular flexibility index (Phi) is 6.54. The highest BCUT2D eigenvalue weighted by molar-refractivity contribution is 5.69. The van der Waals surface area contributed by atoms with Crippen molar-refractivity contribution in [3.05, 3.63) is 29.3 Å². The minimum atomic E-state index is -0.804. The third kappa shape index (κ3) is 4.56. The van der Waals surface area contributed by atoms with Crippen LogP contribution in [-0.2, 0) is 9.53 Å². The first-order chi connectivity index (χ1) is 9.62. The monoisotopic (exact) mass is 277 g/mol. The summed E-state index contributed by atoms with van der Waals surface area (Å²) in [6.07, 6.45) is 0.384. The smallest absolute Gasteiger partial charge is 0.305 e. The van der Waals surface area contributed by atoms with Crippen LogP contribution < -0.4 is 4.74 Å². The van der Waals surface area contributed by atoms with Crippen molar-refractivity contribution in [3.8, 4) is 11.8 Å². The molecule has 108 valence electrons. The number of rotatable bonds is 7. The molecule has 0 aliphatic carbocycles. The van der Waals surface area contributed by atoms with Gasteiger partial charge in [0.2, 0.25) is 0 Å². The Morgan fingerprint density at radius 2 is 2.25 bits per heavy atom. The Balaban J connectivity index is 2.62. The second-order valence-corrected chi connectivity index (χ2v) is 4.35. The molecule has 0 heterocycles. The third-order valence-electron chi connectivity index (χ3n) is 2.82. The van der Waals surface area contributed by atoms with Crippen LogP contribution in [0.5, 0.6) is 5.75 Å². The van der Waals surface area contributed by atoms with Gasteiger partial charge in [0.05, 0.1) is 25.4 Å². The minimum Gasteiger partial charge on any atom is -0.495 e. The predicted octanol–water partition coefficient (Wildman–Crippen LogP) is 2.33. The number of esters is 1. The van der Waals surface area contributed by atoms with Gasteiger partial charge in [-0.1, -0.05) is 13.0 Å². The standard InChI is InChI=1S/C15H19NO4/c1-3-8-20-15(18)7-5-13(17)11-4-6-14(19-2)12(9-11)10-16/h4,6,9,13,17H,3,5,7-8H2,1-2H3. The highest BCUT2D eigenvalue weighted by Gasteiger charge is 2.13. The Morgan fingerprint density at radius 1 is 1.50 bits per heavy atom. The van der Waals surface area contributed by atoms with Crippen LogP contribution >= 0.6 is 0 Å². The summed E-state index contributed by atoms with van der Waals surface area (Å²) in [5, 5.41) is 19.0. The van der Waals surface area contributed by atoms with Crippen molar-refractivity contribution >= 4 is 5.97 Å². The first-order valence-corrected chi connectivity index (χ1v) is 6.54. The first-order valence-electron chi connectivity index (χ1n) is 6.54. The van der Waals surface area contributed by atoms with E-state index in [1.54, 1.807) is 18.2 Å². The Hall–Kier alpha value is -2.06. The van der Waals surface area contributed by atoms with E-state index in [1.165, 1.54) is 7.11 Å². The maximum atomic E-state index is 11.4. The van der Waals surface area contributed by atoms with Gasteiger partial charge in [-0.15, -0.1) is 0 Å². The number of aliphatic hydroxyl groups is 1. The molecular weight excluding hydrogens is 258 g/mol. The summed E-state index contributed by atoms with van der Waals surface area (Å²) in [4.78, 5) is 11.4. The number of carbonyl (C=O) groups excluding carboxylic acids is 1. The largest absolute Gasteiger partial charge is 0.495 e. The topological polar surface area (TPSA) is 79.6 Å². The summed E-state index contributed by atoms with van der Waals surface area (Å²) >= 11 is 0. The molecular formula is C15H19NO4. The average Bonchev–Trinajstić information content (AvgIpc) is 2.49. The maximum Gasteiger partial charge on any atom is 0.305 e. The first kappa shape index (κ1) is 16.0. The molecule has 20 heavy (non-hydrogen) atoms. The number of carbonyl (C=O) groups is 1. The van der Waals surface area contributed by atoms with E-state index in [9.17, 15) is 9.90 Å². The Bertz CT molecular complexity index is 493. The number of aliphatic hydroxyl groups excluding tert-OH is 1. The lowest BCUT2D eigenvalue weighted by molar-refractivity contribution is -0.144. The summed E-state index contributed by atoms with van der Waals surface area (Å²) in [5.41, 5.74) is 0.947. The van der Waals surface area contributed by atoms with Crippen LogP contribution in [0.4, 0.5) is 0 Å². The van der Waals surface area contributed by atoms with E-state index in [0.29, 0.717) is 23.5 Å². The van der Waals surface area contributed by atoms with Crippen molar-refractivity contribution < 1.29 is 19.4 Å². The molecule has 1 N–H and O–H groups in total. The fraction of sp³-hybridized carbons (Fsp3) is 0.467. The van der Waals surface area contributed by atoms with Gasteiger partial charge in [0.15, 0.2) is 0 Å². The van der Waals surface area contributed by atoms with Crippen LogP contribution in [0.1, 0.15) is 43.4 Å². The number of ether oxygens (including phenoxy) is 2. The molecule has 1 atom stereocenters. The summed E-state index contributed by atoms with van der Waals surface area (Å²) in [7, 11) is 1.48. The summed E-state index contributed by atoms with van der Waals surface area (Å²) in [6, 6.07) is 6.89. The number of nitriles is 1. The molecule has 1 aromatic rings. The van der Waals surface area contributed by atoms with Gasteiger partial charge in [-0.3, -0.25) is 4.79 Å². The van der Waals surface area contributed by atoms with Crippen molar-refractivity contribution in [1.29, 1.82) is 5.26 Å². The minimum absolute atomic E-state index is 0.148. The average molecular weight is 277 g/mol. The van der Waals surface area contributed by atoms with E-state index in [-0.39, 0.29) is 18.8 Å². The highest BCUT2D eigenvalue weighted by atomic mass is 16.5. The third-order valence-corrected chi connectivity index (χ3v) is 2.82. The lowest BCUT2D eigenvalue weighted by Crippen LogP contribution is -2.08. The molecule has 0 spiro atoms. The number of methoxy groups -OCH3 is 1. The number of benzene rings is 1. The SMILES string of the molecule is CCCOC(=O)CCC(O)c1ccc(OC)c(C#N)c1. The zero-order valence-corrected chi connectivity index (χ0v) is 11.8. The van der Waals surface area contributed by atoms with E-state index in [0.717, 1.165) is 6.42 Å². The molecule has 5 heteroatoms. The highest BCUT2D eigenvalue weighted by Crippen LogP contribution is 2.25. The van der Waals surface area contributed by atoms with Gasteiger partial charge in [-0.2, -0.15) is 5.26 Å². The van der Waals surface area contributed by atoms with Crippen molar-refractivity contribution in [2.45, 2.75) is 32.3 Å². The quantitative estimate of drug-likeness (QED) is 0.774. The summed E-state index contributed by atoms with van der Waals surface area (Å²) in [5.74, 6) is 0.144. The number of hydrogen-bond donors (Lipinski definition) is 1. The zero-order chi connectivity index (χ0) is 15.0. The second kappa shape index (κ2) is 8.18. The lowest BCUT2D eigenvalue weighted by atomic mass is 10.0. The molecule has 0 aliphatic rings. The molecule has 0 saturated carbocycles. The molecule has 1 rings (SSSR count). The fourth-order valence-corrected chi connectivity index (χ4v) is 1.73. The Morgan fingerprint density at radius 3 is 2.85 bits per heavy atom. The van der Waals surface area contributed by atoms with Crippen LogP contribution in [0, 0.1) is 11.3 Å². The predicted molar refractivity (Wildman–Crippen MR) is 73.2 cm³/mol. The van der Waals surface area contributed by atoms with Gasteiger partial charge >= 0.3 is 5.97 Å². The molecule has 0 amide bonds. The molecule has 0 fully saturated rings. The Labute approximate surface area is 118 Å². The molecule has 1 unspecified atom stereocenters. The molecule has 0 aliphatic heterocycles. The van der Waals surface area contributed by atoms with Crippen molar-refractivity contribution in [2.24, 2.45) is 0 Å². The number of nitrogens with zero attached hydrogens (tertiary/aromatic N) is 1. The van der Waals surface area contributed by atoms with Gasteiger partial charge < -0.3 is 14.6 Å². The van der Waals surface area contributed by atoms with E-state index < -0.39 is 6.10 Å². The van der Waals surface area contributed by atoms with Crippen LogP contribution in [0.25, 0.3) is 0 Å². The molecule has 0 bridgehead atoms. The van der Waals surface area contributed by atoms with Crippen LogP contribution in [0.3, 0.4) is 0 Å². The summed E-state index contributed by atoms with van der Waals surface area (Å²) in [6.45, 7) is 2.32. The van der Waals surface area contributed by atoms with Crippen LogP contribution in [0.15, 0.2) is 18.2 Å². The van der Waals surface area contributed by atoms with Gasteiger partial charge in [-0.25, -0.2) is 0 Å². The van der Waals surface area contributed by atoms with Crippen LogP contribution in [0.2, 0.25) is 0 Å². The van der Waals surface area contributed by atoms with E-state index >= 15 is 0 Å². The summed E-state index contributed by atoms with van der Waals surface area (Å²) < 4.78 is 9.97. The van der Waals surface area contributed by atoms with Crippen molar-refractivity contribution in [3.63, 3.8) is 0 Å². The van der Waals surface area contributed by atoms with Gasteiger partial charge in [0.1, 0.15) is 11.8 Å². The van der Waals surface area contributed by atoms with E-state index in [4.69, 9.17) is 14.7 Å². The molecule has 5 nitrogen and oxygen atoms in total. The lowest BCUT2D eigenvalue weighted by Gasteiger charge is -2.12. The number of hydrogen-bond acceptors (Lipinski definition) is 5. The normalized spacial score (nSPS) is 11.5. The molecule has 0 saturated heterocycles. The van der Waals surface area contributed by atoms with Crippen molar-refractivity contribution in [1.82, 2.24) is 0 Å². The molecule has 0 radical (unpaired) electrons. The molecule has 1 aromatic carbocycles. The second-order valence-electron chi connectivity index (χ2n) is 4.35. The van der Waals surface area contributed by atoms with E-state index in [1.807, 2.05) is 13.0 Å². The van der Waals surface area contributed by atoms with Gasteiger partial charge in [-0.05, 0) is 30.5 Å². The maximum absolute atomic E-state index is 11.4. The molecule has 0 aromatic heterocycles.